The minimum atomic E-state index is 0.103. The quantitative estimate of drug-likeness (QED) is 0.715. The van der Waals surface area contributed by atoms with Gasteiger partial charge >= 0.3 is 0 Å². The third-order valence-corrected chi connectivity index (χ3v) is 3.99. The van der Waals surface area contributed by atoms with Crippen LogP contribution in [0.5, 0.6) is 0 Å². The van der Waals surface area contributed by atoms with E-state index in [-0.39, 0.29) is 5.91 Å². The number of carbonyl (C=O) groups excluding carboxylic acids is 1. The maximum absolute atomic E-state index is 12.4. The van der Waals surface area contributed by atoms with Gasteiger partial charge in [0, 0.05) is 23.6 Å². The summed E-state index contributed by atoms with van der Waals surface area (Å²) in [6.45, 7) is 2.99. The zero-order valence-electron chi connectivity index (χ0n) is 12.0. The van der Waals surface area contributed by atoms with Gasteiger partial charge in [0.15, 0.2) is 0 Å². The molecule has 2 nitrogen and oxygen atoms in total. The molecule has 0 aliphatic rings. The highest BCUT2D eigenvalue weighted by Gasteiger charge is 2.11. The minimum absolute atomic E-state index is 0.103. The lowest BCUT2D eigenvalue weighted by molar-refractivity contribution is 0.0793. The van der Waals surface area contributed by atoms with Crippen LogP contribution in [0.4, 0.5) is 0 Å². The molecule has 2 aromatic carbocycles. The van der Waals surface area contributed by atoms with Crippen LogP contribution < -0.4 is 0 Å². The second-order valence-corrected chi connectivity index (χ2v) is 6.06. The van der Waals surface area contributed by atoms with Gasteiger partial charge in [-0.1, -0.05) is 47.8 Å². The molecule has 0 atom stereocenters. The monoisotopic (exact) mass is 333 g/mol. The van der Waals surface area contributed by atoms with Gasteiger partial charge in [0.25, 0.3) is 5.91 Å². The molecule has 20 heavy (non-hydrogen) atoms. The van der Waals surface area contributed by atoms with Crippen LogP contribution in [0.2, 0.25) is 0 Å². The number of rotatable bonds is 5. The molecule has 106 valence electrons. The highest BCUT2D eigenvalue weighted by Crippen LogP contribution is 2.21. The van der Waals surface area contributed by atoms with Crippen molar-refractivity contribution >= 4 is 32.6 Å². The molecule has 0 N–H and O–H groups in total. The molecule has 0 aliphatic carbocycles. The van der Waals surface area contributed by atoms with Crippen LogP contribution in [0.25, 0.3) is 10.8 Å². The van der Waals surface area contributed by atoms with E-state index >= 15 is 0 Å². The number of hydrogen-bond acceptors (Lipinski definition) is 1. The number of nitrogens with zero attached hydrogens (tertiary/aromatic N) is 1. The summed E-state index contributed by atoms with van der Waals surface area (Å²) >= 11 is 3.46. The van der Waals surface area contributed by atoms with Gasteiger partial charge in [-0.05, 0) is 41.5 Å². The maximum atomic E-state index is 12.4. The standard InChI is InChI=1S/C17H20BrNO/c1-3-4-5-10-19(2)17(20)15-7-6-14-12-16(18)9-8-13(14)11-15/h6-9,11-12H,3-5,10H2,1-2H3. The van der Waals surface area contributed by atoms with Gasteiger partial charge in [0.05, 0.1) is 0 Å². The Bertz CT molecular complexity index is 609. The molecule has 0 saturated heterocycles. The van der Waals surface area contributed by atoms with E-state index in [1.165, 1.54) is 12.8 Å². The first-order chi connectivity index (χ1) is 9.61. The zero-order valence-corrected chi connectivity index (χ0v) is 13.6. The number of hydrogen-bond donors (Lipinski definition) is 0. The first kappa shape index (κ1) is 15.0. The number of halogens is 1. The van der Waals surface area contributed by atoms with E-state index in [2.05, 4.69) is 28.9 Å². The number of fused-ring (bicyclic) bond motifs is 1. The van der Waals surface area contributed by atoms with Crippen molar-refractivity contribution in [1.82, 2.24) is 4.90 Å². The van der Waals surface area contributed by atoms with E-state index in [0.717, 1.165) is 33.8 Å². The summed E-state index contributed by atoms with van der Waals surface area (Å²) in [5.41, 5.74) is 0.763. The van der Waals surface area contributed by atoms with Gasteiger partial charge in [-0.25, -0.2) is 0 Å². The Kier molecular flexibility index (Phi) is 5.18. The van der Waals surface area contributed by atoms with Gasteiger partial charge in [-0.3, -0.25) is 4.79 Å². The summed E-state index contributed by atoms with van der Waals surface area (Å²) in [5, 5.41) is 2.24. The average Bonchev–Trinajstić information content (AvgIpc) is 2.46. The largest absolute Gasteiger partial charge is 0.342 e. The molecule has 0 spiro atoms. The summed E-state index contributed by atoms with van der Waals surface area (Å²) < 4.78 is 1.06. The van der Waals surface area contributed by atoms with Gasteiger partial charge in [0.2, 0.25) is 0 Å². The summed E-state index contributed by atoms with van der Waals surface area (Å²) in [6, 6.07) is 12.0. The smallest absolute Gasteiger partial charge is 0.253 e. The summed E-state index contributed by atoms with van der Waals surface area (Å²) in [6.07, 6.45) is 3.41. The van der Waals surface area contributed by atoms with Crippen molar-refractivity contribution in [2.24, 2.45) is 0 Å². The van der Waals surface area contributed by atoms with Crippen LogP contribution in [-0.4, -0.2) is 24.4 Å². The van der Waals surface area contributed by atoms with E-state index in [1.807, 2.05) is 42.3 Å². The van der Waals surface area contributed by atoms with Gasteiger partial charge in [-0.2, -0.15) is 0 Å². The van der Waals surface area contributed by atoms with E-state index < -0.39 is 0 Å². The van der Waals surface area contributed by atoms with Crippen LogP contribution in [-0.2, 0) is 0 Å². The SMILES string of the molecule is CCCCCN(C)C(=O)c1ccc2cc(Br)ccc2c1. The van der Waals surface area contributed by atoms with Crippen molar-refractivity contribution in [1.29, 1.82) is 0 Å². The van der Waals surface area contributed by atoms with Crippen LogP contribution in [0.15, 0.2) is 40.9 Å². The first-order valence-corrected chi connectivity index (χ1v) is 7.86. The topological polar surface area (TPSA) is 20.3 Å². The van der Waals surface area contributed by atoms with Crippen molar-refractivity contribution in [2.45, 2.75) is 26.2 Å². The minimum Gasteiger partial charge on any atom is -0.342 e. The lowest BCUT2D eigenvalue weighted by Gasteiger charge is -2.17. The number of amides is 1. The summed E-state index contributed by atoms with van der Waals surface area (Å²) in [4.78, 5) is 14.2. The average molecular weight is 334 g/mol. The lowest BCUT2D eigenvalue weighted by atomic mass is 10.1. The third kappa shape index (κ3) is 3.60. The van der Waals surface area contributed by atoms with Crippen molar-refractivity contribution in [3.8, 4) is 0 Å². The fraction of sp³-hybridized carbons (Fsp3) is 0.353. The number of benzene rings is 2. The molecule has 0 radical (unpaired) electrons. The first-order valence-electron chi connectivity index (χ1n) is 7.06. The highest BCUT2D eigenvalue weighted by molar-refractivity contribution is 9.10. The predicted octanol–water partition coefficient (Wildman–Crippen LogP) is 4.86. The van der Waals surface area contributed by atoms with E-state index in [4.69, 9.17) is 0 Å². The van der Waals surface area contributed by atoms with Crippen LogP contribution in [0.3, 0.4) is 0 Å². The maximum Gasteiger partial charge on any atom is 0.253 e. The van der Waals surface area contributed by atoms with E-state index in [9.17, 15) is 4.79 Å². The molecular weight excluding hydrogens is 314 g/mol. The third-order valence-electron chi connectivity index (χ3n) is 3.49. The summed E-state index contributed by atoms with van der Waals surface area (Å²) in [5.74, 6) is 0.103. The lowest BCUT2D eigenvalue weighted by Crippen LogP contribution is -2.27. The zero-order chi connectivity index (χ0) is 14.5. The molecule has 3 heteroatoms. The van der Waals surface area contributed by atoms with Gasteiger partial charge in [0.1, 0.15) is 0 Å². The second-order valence-electron chi connectivity index (χ2n) is 5.14. The normalized spacial score (nSPS) is 10.8. The fourth-order valence-electron chi connectivity index (χ4n) is 2.27. The Hall–Kier alpha value is -1.35. The van der Waals surface area contributed by atoms with Crippen molar-refractivity contribution in [3.05, 3.63) is 46.4 Å². The molecule has 0 bridgehead atoms. The Morgan fingerprint density at radius 1 is 1.10 bits per heavy atom. The second kappa shape index (κ2) is 6.89. The molecule has 0 heterocycles. The molecule has 2 aromatic rings. The predicted molar refractivity (Wildman–Crippen MR) is 88.1 cm³/mol. The van der Waals surface area contributed by atoms with Crippen LogP contribution in [0, 0.1) is 0 Å². The van der Waals surface area contributed by atoms with Crippen molar-refractivity contribution < 1.29 is 4.79 Å². The molecule has 0 aromatic heterocycles. The van der Waals surface area contributed by atoms with Gasteiger partial charge < -0.3 is 4.90 Å². The Labute approximate surface area is 128 Å². The Morgan fingerprint density at radius 3 is 2.55 bits per heavy atom. The molecule has 1 amide bonds. The molecule has 0 unspecified atom stereocenters. The summed E-state index contributed by atoms with van der Waals surface area (Å²) in [7, 11) is 1.88. The van der Waals surface area contributed by atoms with E-state index in [1.54, 1.807) is 0 Å². The van der Waals surface area contributed by atoms with Crippen LogP contribution in [0.1, 0.15) is 36.5 Å². The van der Waals surface area contributed by atoms with Crippen LogP contribution >= 0.6 is 15.9 Å². The highest BCUT2D eigenvalue weighted by atomic mass is 79.9. The van der Waals surface area contributed by atoms with Crippen molar-refractivity contribution in [2.75, 3.05) is 13.6 Å². The van der Waals surface area contributed by atoms with E-state index in [0.29, 0.717) is 0 Å². The molecule has 2 rings (SSSR count). The molecule has 0 fully saturated rings. The molecule has 0 saturated carbocycles. The van der Waals surface area contributed by atoms with Gasteiger partial charge in [-0.15, -0.1) is 0 Å². The Balaban J connectivity index is 2.15. The molecular formula is C17H20BrNO. The molecule has 0 aliphatic heterocycles. The fourth-order valence-corrected chi connectivity index (χ4v) is 2.65. The van der Waals surface area contributed by atoms with Crippen molar-refractivity contribution in [3.63, 3.8) is 0 Å². The Morgan fingerprint density at radius 2 is 1.80 bits per heavy atom. The number of carbonyl (C=O) groups is 1. The number of unbranched alkanes of at least 4 members (excludes halogenated alkanes) is 2.